The maximum atomic E-state index is 5.44. The Labute approximate surface area is 189 Å². The molecule has 0 N–H and O–H groups in total. The van der Waals surface area contributed by atoms with Gasteiger partial charge in [-0.3, -0.25) is 0 Å². The van der Waals surface area contributed by atoms with Gasteiger partial charge in [0.1, 0.15) is 0 Å². The van der Waals surface area contributed by atoms with Crippen molar-refractivity contribution in [1.29, 1.82) is 0 Å². The van der Waals surface area contributed by atoms with Crippen LogP contribution in [0.4, 0.5) is 5.69 Å². The molecule has 1 aliphatic rings. The number of thioether (sulfide) groups is 1. The normalized spacial score (nSPS) is 14.1. The zero-order valence-corrected chi connectivity index (χ0v) is 19.6. The van der Waals surface area contributed by atoms with Crippen LogP contribution in [0.2, 0.25) is 0 Å². The molecular formula is C26H29N2O2S+. The Kier molecular flexibility index (Phi) is 6.23. The van der Waals surface area contributed by atoms with Gasteiger partial charge in [0.2, 0.25) is 0 Å². The SMILES string of the molecule is COc1ccc(CC[n+]2c(C)cc(/C=C3/Sc4ccccc4N3C)cc2C)cc1OC. The molecule has 0 bridgehead atoms. The predicted molar refractivity (Wildman–Crippen MR) is 128 cm³/mol. The Morgan fingerprint density at radius 2 is 1.65 bits per heavy atom. The molecule has 2 aromatic carbocycles. The number of pyridine rings is 1. The topological polar surface area (TPSA) is 25.6 Å². The number of rotatable bonds is 6. The molecule has 0 radical (unpaired) electrons. The maximum Gasteiger partial charge on any atom is 0.179 e. The Morgan fingerprint density at radius 3 is 2.32 bits per heavy atom. The molecule has 3 aromatic rings. The predicted octanol–water partition coefficient (Wildman–Crippen LogP) is 5.39. The third kappa shape index (κ3) is 4.42. The second kappa shape index (κ2) is 9.06. The fourth-order valence-electron chi connectivity index (χ4n) is 4.06. The summed E-state index contributed by atoms with van der Waals surface area (Å²) < 4.78 is 13.2. The molecule has 0 spiro atoms. The molecule has 160 valence electrons. The van der Waals surface area contributed by atoms with E-state index in [4.69, 9.17) is 9.47 Å². The molecule has 1 aromatic heterocycles. The van der Waals surface area contributed by atoms with Crippen LogP contribution in [0, 0.1) is 13.8 Å². The molecule has 0 unspecified atom stereocenters. The molecule has 5 heteroatoms. The Morgan fingerprint density at radius 1 is 0.935 bits per heavy atom. The van der Waals surface area contributed by atoms with Crippen molar-refractivity contribution in [3.05, 3.63) is 82.1 Å². The van der Waals surface area contributed by atoms with Crippen LogP contribution in [0.5, 0.6) is 11.5 Å². The number of hydrogen-bond donors (Lipinski definition) is 0. The zero-order chi connectivity index (χ0) is 22.0. The summed E-state index contributed by atoms with van der Waals surface area (Å²) in [5, 5.41) is 1.25. The second-order valence-electron chi connectivity index (χ2n) is 7.77. The first-order valence-electron chi connectivity index (χ1n) is 10.4. The number of aromatic nitrogens is 1. The highest BCUT2D eigenvalue weighted by Crippen LogP contribution is 2.45. The lowest BCUT2D eigenvalue weighted by atomic mass is 10.1. The molecule has 2 heterocycles. The number of aryl methyl sites for hydroxylation is 3. The molecule has 31 heavy (non-hydrogen) atoms. The molecule has 0 amide bonds. The smallest absolute Gasteiger partial charge is 0.179 e. The standard InChI is InChI=1S/C26H29N2O2S/c1-18-14-21(17-26-27(3)22-8-6-7-9-25(22)31-26)15-19(2)28(18)13-12-20-10-11-23(29-4)24(16-20)30-5/h6-11,14-17H,12-13H2,1-5H3/q+1. The van der Waals surface area contributed by atoms with E-state index < -0.39 is 0 Å². The van der Waals surface area contributed by atoms with E-state index in [1.807, 2.05) is 17.8 Å². The summed E-state index contributed by atoms with van der Waals surface area (Å²) in [4.78, 5) is 3.58. The van der Waals surface area contributed by atoms with Crippen LogP contribution < -0.4 is 18.9 Å². The van der Waals surface area contributed by atoms with E-state index in [-0.39, 0.29) is 0 Å². The summed E-state index contributed by atoms with van der Waals surface area (Å²) >= 11 is 1.83. The largest absolute Gasteiger partial charge is 0.493 e. The van der Waals surface area contributed by atoms with Crippen molar-refractivity contribution in [1.82, 2.24) is 0 Å². The number of nitrogens with zero attached hydrogens (tertiary/aromatic N) is 2. The molecule has 0 saturated carbocycles. The molecule has 0 aliphatic carbocycles. The van der Waals surface area contributed by atoms with Crippen molar-refractivity contribution in [2.24, 2.45) is 0 Å². The first-order chi connectivity index (χ1) is 15.0. The molecule has 0 atom stereocenters. The number of benzene rings is 2. The van der Waals surface area contributed by atoms with Gasteiger partial charge in [0.15, 0.2) is 29.4 Å². The molecule has 0 saturated heterocycles. The average molecular weight is 434 g/mol. The van der Waals surface area contributed by atoms with Gasteiger partial charge in [-0.15, -0.1) is 0 Å². The van der Waals surface area contributed by atoms with Crippen LogP contribution in [-0.2, 0) is 13.0 Å². The minimum Gasteiger partial charge on any atom is -0.493 e. The van der Waals surface area contributed by atoms with Crippen LogP contribution in [-0.4, -0.2) is 21.3 Å². The summed E-state index contributed by atoms with van der Waals surface area (Å²) in [6, 6.07) is 19.2. The number of ether oxygens (including phenoxy) is 2. The van der Waals surface area contributed by atoms with Gasteiger partial charge in [-0.1, -0.05) is 30.0 Å². The van der Waals surface area contributed by atoms with Crippen LogP contribution in [0.1, 0.15) is 22.5 Å². The third-order valence-electron chi connectivity index (χ3n) is 5.74. The van der Waals surface area contributed by atoms with Crippen molar-refractivity contribution in [3.63, 3.8) is 0 Å². The van der Waals surface area contributed by atoms with Crippen molar-refractivity contribution in [2.75, 3.05) is 26.2 Å². The van der Waals surface area contributed by atoms with E-state index >= 15 is 0 Å². The lowest BCUT2D eigenvalue weighted by molar-refractivity contribution is -0.708. The van der Waals surface area contributed by atoms with Gasteiger partial charge < -0.3 is 14.4 Å². The van der Waals surface area contributed by atoms with Gasteiger partial charge in [0.05, 0.1) is 24.9 Å². The highest BCUT2D eigenvalue weighted by atomic mass is 32.2. The highest BCUT2D eigenvalue weighted by Gasteiger charge is 2.22. The lowest BCUT2D eigenvalue weighted by Crippen LogP contribution is -2.41. The van der Waals surface area contributed by atoms with E-state index in [0.29, 0.717) is 0 Å². The summed E-state index contributed by atoms with van der Waals surface area (Å²) in [6.45, 7) is 5.29. The molecule has 1 aliphatic heterocycles. The van der Waals surface area contributed by atoms with Gasteiger partial charge >= 0.3 is 0 Å². The quantitative estimate of drug-likeness (QED) is 0.487. The Bertz CT molecular complexity index is 1120. The van der Waals surface area contributed by atoms with Gasteiger partial charge in [-0.2, -0.15) is 4.57 Å². The number of para-hydroxylation sites is 1. The minimum absolute atomic E-state index is 0.764. The summed E-state index contributed by atoms with van der Waals surface area (Å²) in [6.07, 6.45) is 3.21. The van der Waals surface area contributed by atoms with Crippen molar-refractivity contribution in [2.45, 2.75) is 31.7 Å². The Hall–Kier alpha value is -2.92. The van der Waals surface area contributed by atoms with E-state index in [2.05, 4.69) is 85.0 Å². The van der Waals surface area contributed by atoms with E-state index in [1.165, 1.54) is 38.1 Å². The fraction of sp³-hybridized carbons (Fsp3) is 0.269. The summed E-state index contributed by atoms with van der Waals surface area (Å²) in [5.41, 5.74) is 6.26. The number of hydrogen-bond acceptors (Lipinski definition) is 4. The van der Waals surface area contributed by atoms with Crippen molar-refractivity contribution in [3.8, 4) is 11.5 Å². The van der Waals surface area contributed by atoms with Gasteiger partial charge in [-0.25, -0.2) is 0 Å². The highest BCUT2D eigenvalue weighted by molar-refractivity contribution is 8.03. The maximum absolute atomic E-state index is 5.44. The Balaban J connectivity index is 1.52. The number of fused-ring (bicyclic) bond motifs is 1. The van der Waals surface area contributed by atoms with Gasteiger partial charge in [0.25, 0.3) is 0 Å². The van der Waals surface area contributed by atoms with E-state index in [9.17, 15) is 0 Å². The molecular weight excluding hydrogens is 404 g/mol. The van der Waals surface area contributed by atoms with Crippen LogP contribution in [0.3, 0.4) is 0 Å². The lowest BCUT2D eigenvalue weighted by Gasteiger charge is -2.13. The van der Waals surface area contributed by atoms with E-state index in [1.54, 1.807) is 14.2 Å². The third-order valence-corrected chi connectivity index (χ3v) is 6.90. The van der Waals surface area contributed by atoms with Crippen LogP contribution in [0.25, 0.3) is 6.08 Å². The number of anilines is 1. The van der Waals surface area contributed by atoms with E-state index in [0.717, 1.165) is 24.5 Å². The molecule has 0 fully saturated rings. The second-order valence-corrected chi connectivity index (χ2v) is 8.84. The van der Waals surface area contributed by atoms with Crippen molar-refractivity contribution < 1.29 is 14.0 Å². The van der Waals surface area contributed by atoms with Crippen LogP contribution in [0.15, 0.2) is 64.5 Å². The van der Waals surface area contributed by atoms with Crippen LogP contribution >= 0.6 is 11.8 Å². The summed E-state index contributed by atoms with van der Waals surface area (Å²) in [5.74, 6) is 1.54. The van der Waals surface area contributed by atoms with Gasteiger partial charge in [-0.05, 0) is 41.5 Å². The molecule has 4 rings (SSSR count). The first-order valence-corrected chi connectivity index (χ1v) is 11.3. The monoisotopic (exact) mass is 433 g/mol. The summed E-state index contributed by atoms with van der Waals surface area (Å²) in [7, 11) is 5.48. The molecule has 4 nitrogen and oxygen atoms in total. The van der Waals surface area contributed by atoms with Crippen molar-refractivity contribution >= 4 is 23.5 Å². The zero-order valence-electron chi connectivity index (χ0n) is 18.8. The average Bonchev–Trinajstić information content (AvgIpc) is 3.08. The minimum atomic E-state index is 0.764. The fourth-order valence-corrected chi connectivity index (χ4v) is 5.17. The number of methoxy groups -OCH3 is 2. The van der Waals surface area contributed by atoms with Gasteiger partial charge in [0, 0.05) is 44.3 Å². The first kappa shape index (κ1) is 21.3.